The van der Waals surface area contributed by atoms with E-state index in [1.165, 1.54) is 0 Å². The van der Waals surface area contributed by atoms with E-state index in [2.05, 4.69) is 0 Å². The third-order valence-corrected chi connectivity index (χ3v) is 5.76. The van der Waals surface area contributed by atoms with Crippen molar-refractivity contribution in [1.29, 1.82) is 0 Å². The van der Waals surface area contributed by atoms with Crippen LogP contribution in [-0.4, -0.2) is 28.0 Å². The van der Waals surface area contributed by atoms with Gasteiger partial charge in [-0.3, -0.25) is 13.8 Å². The molecule has 1 atom stereocenters. The summed E-state index contributed by atoms with van der Waals surface area (Å²) in [5.74, 6) is -0.0594. The Bertz CT molecular complexity index is 795. The number of hydrogen-bond donors (Lipinski definition) is 0. The first-order chi connectivity index (χ1) is 12.5. The molecule has 2 aromatic rings. The number of rotatable bonds is 7. The summed E-state index contributed by atoms with van der Waals surface area (Å²) in [7, 11) is -0.945. The minimum Gasteiger partial charge on any atom is -0.460 e. The van der Waals surface area contributed by atoms with Crippen molar-refractivity contribution in [1.82, 2.24) is 0 Å². The number of hydrogen-bond acceptors (Lipinski definition) is 4. The van der Waals surface area contributed by atoms with Crippen LogP contribution in [0.25, 0.3) is 0 Å². The van der Waals surface area contributed by atoms with Gasteiger partial charge in [0.25, 0.3) is 0 Å². The zero-order chi connectivity index (χ0) is 18.6. The average molecular weight is 370 g/mol. The second-order valence-corrected chi connectivity index (χ2v) is 8.33. The third-order valence-electron chi connectivity index (χ3n) is 4.82. The molecule has 0 bridgehead atoms. The second-order valence-electron chi connectivity index (χ2n) is 6.85. The number of ether oxygens (including phenoxy) is 1. The molecule has 0 aliphatic heterocycles. The topological polar surface area (TPSA) is 60.4 Å². The summed E-state index contributed by atoms with van der Waals surface area (Å²) in [5, 5.41) is 0. The van der Waals surface area contributed by atoms with E-state index < -0.39 is 22.2 Å². The van der Waals surface area contributed by atoms with Gasteiger partial charge in [0, 0.05) is 28.4 Å². The van der Waals surface area contributed by atoms with Gasteiger partial charge >= 0.3 is 5.97 Å². The summed E-state index contributed by atoms with van der Waals surface area (Å²) >= 11 is 0. The fourth-order valence-corrected chi connectivity index (χ4v) is 4.45. The van der Waals surface area contributed by atoms with Gasteiger partial charge in [-0.15, -0.1) is 0 Å². The standard InChI is InChI=1S/C21H22O4S/c1-26(24)15-17-12-21(13-17,19(22)18-10-6-3-7-11-18)20(23)25-14-16-8-4-2-5-9-16/h2-11,17H,12-15H2,1H3. The highest BCUT2D eigenvalue weighted by molar-refractivity contribution is 7.84. The van der Waals surface area contributed by atoms with E-state index in [-0.39, 0.29) is 18.3 Å². The van der Waals surface area contributed by atoms with E-state index in [0.29, 0.717) is 24.2 Å². The number of benzene rings is 2. The smallest absolute Gasteiger partial charge is 0.320 e. The predicted molar refractivity (Wildman–Crippen MR) is 101 cm³/mol. The van der Waals surface area contributed by atoms with Gasteiger partial charge in [0.15, 0.2) is 5.78 Å². The molecule has 0 heterocycles. The Morgan fingerprint density at radius 3 is 2.19 bits per heavy atom. The molecule has 0 spiro atoms. The largest absolute Gasteiger partial charge is 0.460 e. The van der Waals surface area contributed by atoms with Crippen LogP contribution in [0.5, 0.6) is 0 Å². The van der Waals surface area contributed by atoms with Gasteiger partial charge in [0.1, 0.15) is 12.0 Å². The van der Waals surface area contributed by atoms with Gasteiger partial charge in [-0.25, -0.2) is 0 Å². The van der Waals surface area contributed by atoms with Crippen molar-refractivity contribution in [3.63, 3.8) is 0 Å². The van der Waals surface area contributed by atoms with Crippen LogP contribution >= 0.6 is 0 Å². The number of carbonyl (C=O) groups is 2. The summed E-state index contributed by atoms with van der Waals surface area (Å²) in [4.78, 5) is 25.9. The second kappa shape index (κ2) is 7.96. The Labute approximate surface area is 156 Å². The molecular formula is C21H22O4S. The lowest BCUT2D eigenvalue weighted by atomic mass is 9.59. The van der Waals surface area contributed by atoms with Gasteiger partial charge in [-0.2, -0.15) is 0 Å². The summed E-state index contributed by atoms with van der Waals surface area (Å²) in [6.07, 6.45) is 2.44. The number of ketones is 1. The number of carbonyl (C=O) groups excluding carboxylic acids is 2. The average Bonchev–Trinajstić information content (AvgIpc) is 2.63. The fraction of sp³-hybridized carbons (Fsp3) is 0.333. The summed E-state index contributed by atoms with van der Waals surface area (Å²) in [6.45, 7) is 0.147. The molecule has 1 fully saturated rings. The Morgan fingerprint density at radius 1 is 1.04 bits per heavy atom. The third kappa shape index (κ3) is 3.93. The van der Waals surface area contributed by atoms with E-state index >= 15 is 0 Å². The lowest BCUT2D eigenvalue weighted by Gasteiger charge is -2.44. The van der Waals surface area contributed by atoms with Gasteiger partial charge in [-0.05, 0) is 24.3 Å². The highest BCUT2D eigenvalue weighted by Crippen LogP contribution is 2.49. The fourth-order valence-electron chi connectivity index (χ4n) is 3.55. The first kappa shape index (κ1) is 18.5. The SMILES string of the molecule is CS(=O)CC1CC(C(=O)OCc2ccccc2)(C(=O)c2ccccc2)C1. The summed E-state index contributed by atoms with van der Waals surface area (Å²) in [6, 6.07) is 18.3. The quantitative estimate of drug-likeness (QED) is 0.426. The van der Waals surface area contributed by atoms with Crippen molar-refractivity contribution >= 4 is 22.6 Å². The Morgan fingerprint density at radius 2 is 1.62 bits per heavy atom. The van der Waals surface area contributed by atoms with Crippen LogP contribution in [0.3, 0.4) is 0 Å². The maximum Gasteiger partial charge on any atom is 0.320 e. The first-order valence-corrected chi connectivity index (χ1v) is 10.3. The van der Waals surface area contributed by atoms with Crippen molar-refractivity contribution in [2.24, 2.45) is 11.3 Å². The highest BCUT2D eigenvalue weighted by Gasteiger charge is 2.56. The molecule has 4 nitrogen and oxygen atoms in total. The molecule has 1 aliphatic rings. The Hall–Kier alpha value is -2.27. The first-order valence-electron chi connectivity index (χ1n) is 8.62. The van der Waals surface area contributed by atoms with Crippen molar-refractivity contribution in [2.45, 2.75) is 19.4 Å². The molecule has 0 saturated heterocycles. The lowest BCUT2D eigenvalue weighted by molar-refractivity contribution is -0.161. The monoisotopic (exact) mass is 370 g/mol. The molecule has 0 radical (unpaired) electrons. The molecule has 26 heavy (non-hydrogen) atoms. The van der Waals surface area contributed by atoms with Crippen LogP contribution in [0.1, 0.15) is 28.8 Å². The highest BCUT2D eigenvalue weighted by atomic mass is 32.2. The van der Waals surface area contributed by atoms with E-state index in [0.717, 1.165) is 5.56 Å². The van der Waals surface area contributed by atoms with E-state index in [9.17, 15) is 13.8 Å². The van der Waals surface area contributed by atoms with Gasteiger partial charge < -0.3 is 4.74 Å². The molecule has 0 N–H and O–H groups in total. The Balaban J connectivity index is 1.76. The van der Waals surface area contributed by atoms with E-state index in [1.54, 1.807) is 30.5 Å². The molecule has 1 aliphatic carbocycles. The van der Waals surface area contributed by atoms with Crippen molar-refractivity contribution < 1.29 is 18.5 Å². The molecule has 0 aromatic heterocycles. The van der Waals surface area contributed by atoms with Crippen LogP contribution < -0.4 is 0 Å². The molecule has 2 aromatic carbocycles. The molecule has 5 heteroatoms. The normalized spacial score (nSPS) is 22.9. The lowest BCUT2D eigenvalue weighted by Crippen LogP contribution is -2.52. The van der Waals surface area contributed by atoms with Crippen LogP contribution in [0.2, 0.25) is 0 Å². The molecule has 0 amide bonds. The zero-order valence-corrected chi connectivity index (χ0v) is 15.5. The van der Waals surface area contributed by atoms with Crippen LogP contribution in [-0.2, 0) is 26.9 Å². The summed E-state index contributed by atoms with van der Waals surface area (Å²) < 4.78 is 17.0. The van der Waals surface area contributed by atoms with Crippen LogP contribution in [0.4, 0.5) is 0 Å². The van der Waals surface area contributed by atoms with Crippen LogP contribution in [0.15, 0.2) is 60.7 Å². The van der Waals surface area contributed by atoms with Crippen molar-refractivity contribution in [3.05, 3.63) is 71.8 Å². The minimum atomic E-state index is -1.15. The summed E-state index contributed by atoms with van der Waals surface area (Å²) in [5.41, 5.74) is 0.245. The number of esters is 1. The molecule has 1 saturated carbocycles. The molecular weight excluding hydrogens is 348 g/mol. The van der Waals surface area contributed by atoms with Crippen molar-refractivity contribution in [3.8, 4) is 0 Å². The maximum absolute atomic E-state index is 13.1. The molecule has 1 unspecified atom stereocenters. The zero-order valence-electron chi connectivity index (χ0n) is 14.7. The van der Waals surface area contributed by atoms with Crippen LogP contribution in [0, 0.1) is 11.3 Å². The van der Waals surface area contributed by atoms with Crippen molar-refractivity contribution in [2.75, 3.05) is 12.0 Å². The molecule has 3 rings (SSSR count). The van der Waals surface area contributed by atoms with Gasteiger partial charge in [0.05, 0.1) is 0 Å². The minimum absolute atomic E-state index is 0.109. The Kier molecular flexibility index (Phi) is 5.67. The maximum atomic E-state index is 13.1. The van der Waals surface area contributed by atoms with Gasteiger partial charge in [0.2, 0.25) is 0 Å². The van der Waals surface area contributed by atoms with E-state index in [4.69, 9.17) is 4.74 Å². The predicted octanol–water partition coefficient (Wildman–Crippen LogP) is 3.39. The van der Waals surface area contributed by atoms with E-state index in [1.807, 2.05) is 36.4 Å². The number of Topliss-reactive ketones (excluding diaryl/α,β-unsaturated/α-hetero) is 1. The molecule has 136 valence electrons. The van der Waals surface area contributed by atoms with Gasteiger partial charge in [-0.1, -0.05) is 60.7 Å².